The van der Waals surface area contributed by atoms with Gasteiger partial charge >= 0.3 is 0 Å². The summed E-state index contributed by atoms with van der Waals surface area (Å²) < 4.78 is 17.1. The van der Waals surface area contributed by atoms with Crippen molar-refractivity contribution in [1.82, 2.24) is 9.80 Å². The van der Waals surface area contributed by atoms with E-state index < -0.39 is 0 Å². The predicted octanol–water partition coefficient (Wildman–Crippen LogP) is 5.51. The van der Waals surface area contributed by atoms with Crippen molar-refractivity contribution < 1.29 is 14.2 Å². The summed E-state index contributed by atoms with van der Waals surface area (Å²) in [4.78, 5) is 5.05. The Hall–Kier alpha value is -2.86. The first-order chi connectivity index (χ1) is 17.7. The molecule has 1 unspecified atom stereocenters. The van der Waals surface area contributed by atoms with Crippen LogP contribution in [0.25, 0.3) is 0 Å². The van der Waals surface area contributed by atoms with Crippen LogP contribution in [0, 0.1) is 0 Å². The molecule has 3 aromatic rings. The summed E-state index contributed by atoms with van der Waals surface area (Å²) in [5.74, 6) is 2.17. The van der Waals surface area contributed by atoms with E-state index in [-0.39, 0.29) is 0 Å². The van der Waals surface area contributed by atoms with Gasteiger partial charge in [-0.2, -0.15) is 0 Å². The van der Waals surface area contributed by atoms with Gasteiger partial charge in [0.25, 0.3) is 0 Å². The van der Waals surface area contributed by atoms with Crippen molar-refractivity contribution in [2.24, 2.45) is 0 Å². The number of rotatable bonds is 9. The average molecular weight is 487 g/mol. The number of hydrogen-bond acceptors (Lipinski definition) is 5. The molecule has 1 saturated heterocycles. The smallest absolute Gasteiger partial charge is 0.119 e. The number of hydrogen-bond donors (Lipinski definition) is 0. The van der Waals surface area contributed by atoms with Crippen LogP contribution in [0.15, 0.2) is 72.8 Å². The molecule has 2 aliphatic heterocycles. The zero-order chi connectivity index (χ0) is 24.7. The maximum absolute atomic E-state index is 6.22. The van der Waals surface area contributed by atoms with Gasteiger partial charge in [-0.3, -0.25) is 9.80 Å². The Morgan fingerprint density at radius 3 is 2.44 bits per heavy atom. The molecule has 2 atom stereocenters. The van der Waals surface area contributed by atoms with Crippen LogP contribution in [0.2, 0.25) is 0 Å². The van der Waals surface area contributed by atoms with E-state index in [1.54, 1.807) is 7.11 Å². The lowest BCUT2D eigenvalue weighted by atomic mass is 9.83. The predicted molar refractivity (Wildman–Crippen MR) is 144 cm³/mol. The minimum absolute atomic E-state index is 0.307. The third-order valence-corrected chi connectivity index (χ3v) is 7.62. The molecule has 0 radical (unpaired) electrons. The highest BCUT2D eigenvalue weighted by molar-refractivity contribution is 5.45. The molecule has 1 fully saturated rings. The highest BCUT2D eigenvalue weighted by atomic mass is 16.5. The first-order valence-electron chi connectivity index (χ1n) is 13.2. The molecule has 2 aliphatic rings. The second-order valence-corrected chi connectivity index (χ2v) is 9.86. The van der Waals surface area contributed by atoms with Gasteiger partial charge in [0.15, 0.2) is 0 Å². The molecule has 36 heavy (non-hydrogen) atoms. The van der Waals surface area contributed by atoms with Gasteiger partial charge in [-0.05, 0) is 59.9 Å². The molecule has 5 rings (SSSR count). The van der Waals surface area contributed by atoms with Crippen LogP contribution in [0.5, 0.6) is 11.5 Å². The largest absolute Gasteiger partial charge is 0.497 e. The highest BCUT2D eigenvalue weighted by Crippen LogP contribution is 2.39. The summed E-state index contributed by atoms with van der Waals surface area (Å²) >= 11 is 0. The van der Waals surface area contributed by atoms with Crippen LogP contribution in [0.1, 0.15) is 47.6 Å². The van der Waals surface area contributed by atoms with Crippen molar-refractivity contribution in [2.75, 3.05) is 53.1 Å². The fourth-order valence-electron chi connectivity index (χ4n) is 5.43. The highest BCUT2D eigenvalue weighted by Gasteiger charge is 2.30. The molecule has 0 amide bonds. The zero-order valence-corrected chi connectivity index (χ0v) is 21.6. The first kappa shape index (κ1) is 24.8. The van der Waals surface area contributed by atoms with Crippen LogP contribution >= 0.6 is 0 Å². The van der Waals surface area contributed by atoms with Gasteiger partial charge in [0.2, 0.25) is 0 Å². The fraction of sp³-hybridized carbons (Fsp3) is 0.419. The summed E-state index contributed by atoms with van der Waals surface area (Å²) in [6.07, 6.45) is 1.03. The summed E-state index contributed by atoms with van der Waals surface area (Å²) in [6, 6.07) is 26.4. The molecule has 0 N–H and O–H groups in total. The Morgan fingerprint density at radius 1 is 0.944 bits per heavy atom. The molecule has 0 saturated carbocycles. The standard InChI is InChI=1S/C31H38N2O3/c1-24(25-7-4-3-5-8-25)33-22-27-21-29(36-18-6-15-32-16-19-35-20-17-32)13-14-30(27)31(23-33)26-9-11-28(34-2)12-10-26/h3-5,7-14,21,24,31H,6,15-20,22-23H2,1-2H3/t24-,31?/m1/s1. The zero-order valence-electron chi connectivity index (χ0n) is 21.6. The molecule has 5 heteroatoms. The van der Waals surface area contributed by atoms with E-state index >= 15 is 0 Å². The Balaban J connectivity index is 1.33. The molecule has 3 aromatic carbocycles. The lowest BCUT2D eigenvalue weighted by Gasteiger charge is -2.39. The number of ether oxygens (including phenoxy) is 3. The third-order valence-electron chi connectivity index (χ3n) is 7.62. The maximum atomic E-state index is 6.22. The molecule has 0 spiro atoms. The normalized spacial score (nSPS) is 19.4. The Morgan fingerprint density at radius 2 is 1.69 bits per heavy atom. The van der Waals surface area contributed by atoms with Crippen LogP contribution in [0.3, 0.4) is 0 Å². The summed E-state index contributed by atoms with van der Waals surface area (Å²) in [5.41, 5.74) is 5.43. The lowest BCUT2D eigenvalue weighted by molar-refractivity contribution is 0.0358. The van der Waals surface area contributed by atoms with E-state index in [1.807, 2.05) is 0 Å². The van der Waals surface area contributed by atoms with Gasteiger partial charge < -0.3 is 14.2 Å². The topological polar surface area (TPSA) is 34.2 Å². The Bertz CT molecular complexity index is 1100. The Kier molecular flexibility index (Phi) is 8.22. The molecule has 5 nitrogen and oxygen atoms in total. The van der Waals surface area contributed by atoms with E-state index in [9.17, 15) is 0 Å². The van der Waals surface area contributed by atoms with E-state index in [4.69, 9.17) is 14.2 Å². The second kappa shape index (κ2) is 11.9. The molecule has 190 valence electrons. The average Bonchev–Trinajstić information content (AvgIpc) is 2.95. The molecule has 2 heterocycles. The fourth-order valence-corrected chi connectivity index (χ4v) is 5.43. The van der Waals surface area contributed by atoms with Crippen LogP contribution < -0.4 is 9.47 Å². The summed E-state index contributed by atoms with van der Waals surface area (Å²) in [6.45, 7) is 9.77. The minimum atomic E-state index is 0.307. The quantitative estimate of drug-likeness (QED) is 0.373. The SMILES string of the molecule is COc1ccc(C2CN([C@H](C)c3ccccc3)Cc3cc(OCCCN4CCOCC4)ccc32)cc1. The van der Waals surface area contributed by atoms with E-state index in [2.05, 4.69) is 89.5 Å². The Labute approximate surface area is 215 Å². The number of morpholine rings is 1. The van der Waals surface area contributed by atoms with Gasteiger partial charge in [-0.15, -0.1) is 0 Å². The number of nitrogens with zero attached hydrogens (tertiary/aromatic N) is 2. The van der Waals surface area contributed by atoms with Crippen LogP contribution in [-0.2, 0) is 11.3 Å². The number of benzene rings is 3. The molecular formula is C31H38N2O3. The minimum Gasteiger partial charge on any atom is -0.497 e. The second-order valence-electron chi connectivity index (χ2n) is 9.86. The number of methoxy groups -OCH3 is 1. The number of fused-ring (bicyclic) bond motifs is 1. The maximum Gasteiger partial charge on any atom is 0.119 e. The molecular weight excluding hydrogens is 448 g/mol. The van der Waals surface area contributed by atoms with Gasteiger partial charge in [0.1, 0.15) is 11.5 Å². The van der Waals surface area contributed by atoms with Gasteiger partial charge in [0.05, 0.1) is 26.9 Å². The van der Waals surface area contributed by atoms with Gasteiger partial charge in [-0.25, -0.2) is 0 Å². The van der Waals surface area contributed by atoms with Gasteiger partial charge in [-0.1, -0.05) is 48.5 Å². The third kappa shape index (κ3) is 5.92. The van der Waals surface area contributed by atoms with Crippen molar-refractivity contribution in [2.45, 2.75) is 31.8 Å². The molecule has 0 aromatic heterocycles. The molecule has 0 aliphatic carbocycles. The van der Waals surface area contributed by atoms with Crippen molar-refractivity contribution in [3.8, 4) is 11.5 Å². The van der Waals surface area contributed by atoms with Gasteiger partial charge in [0, 0.05) is 44.7 Å². The monoisotopic (exact) mass is 486 g/mol. The molecule has 0 bridgehead atoms. The lowest BCUT2D eigenvalue weighted by Crippen LogP contribution is -2.37. The first-order valence-corrected chi connectivity index (χ1v) is 13.2. The van der Waals surface area contributed by atoms with Crippen LogP contribution in [0.4, 0.5) is 0 Å². The van der Waals surface area contributed by atoms with E-state index in [0.29, 0.717) is 12.0 Å². The van der Waals surface area contributed by atoms with Crippen LogP contribution in [-0.4, -0.2) is 62.9 Å². The van der Waals surface area contributed by atoms with E-state index in [1.165, 1.54) is 22.3 Å². The summed E-state index contributed by atoms with van der Waals surface area (Å²) in [5, 5.41) is 0. The van der Waals surface area contributed by atoms with Crippen molar-refractivity contribution in [1.29, 1.82) is 0 Å². The van der Waals surface area contributed by atoms with Crippen molar-refractivity contribution in [3.63, 3.8) is 0 Å². The van der Waals surface area contributed by atoms with E-state index in [0.717, 1.165) is 70.5 Å². The summed E-state index contributed by atoms with van der Waals surface area (Å²) in [7, 11) is 1.72. The van der Waals surface area contributed by atoms with Crippen molar-refractivity contribution >= 4 is 0 Å². The van der Waals surface area contributed by atoms with Crippen molar-refractivity contribution in [3.05, 3.63) is 95.1 Å².